The van der Waals surface area contributed by atoms with Crippen molar-refractivity contribution in [3.8, 4) is 0 Å². The quantitative estimate of drug-likeness (QED) is 0.946. The lowest BCUT2D eigenvalue weighted by molar-refractivity contribution is -0.122. The Morgan fingerprint density at radius 1 is 1.22 bits per heavy atom. The van der Waals surface area contributed by atoms with Crippen molar-refractivity contribution in [2.45, 2.75) is 13.3 Å². The maximum atomic E-state index is 13.2. The van der Waals surface area contributed by atoms with Crippen LogP contribution in [0, 0.1) is 18.7 Å². The van der Waals surface area contributed by atoms with Crippen molar-refractivity contribution < 1.29 is 14.0 Å². The van der Waals surface area contributed by atoms with E-state index >= 15 is 0 Å². The summed E-state index contributed by atoms with van der Waals surface area (Å²) < 4.78 is 13.2. The molecule has 5 heteroatoms. The van der Waals surface area contributed by atoms with Crippen LogP contribution >= 0.6 is 0 Å². The first-order chi connectivity index (χ1) is 11.0. The molecule has 1 N–H and O–H groups in total. The van der Waals surface area contributed by atoms with E-state index in [0.717, 1.165) is 11.3 Å². The number of benzene rings is 2. The highest BCUT2D eigenvalue weighted by Crippen LogP contribution is 2.26. The molecule has 1 aliphatic rings. The molecule has 0 aliphatic carbocycles. The highest BCUT2D eigenvalue weighted by atomic mass is 19.1. The lowest BCUT2D eigenvalue weighted by Gasteiger charge is -2.17. The molecular formula is C18H17FN2O2. The van der Waals surface area contributed by atoms with Gasteiger partial charge in [-0.05, 0) is 42.8 Å². The van der Waals surface area contributed by atoms with Crippen LogP contribution in [0.25, 0.3) is 0 Å². The Kier molecular flexibility index (Phi) is 4.10. The second kappa shape index (κ2) is 6.20. The fourth-order valence-electron chi connectivity index (χ4n) is 2.74. The zero-order valence-electron chi connectivity index (χ0n) is 12.8. The van der Waals surface area contributed by atoms with E-state index < -0.39 is 11.7 Å². The first kappa shape index (κ1) is 15.2. The van der Waals surface area contributed by atoms with Gasteiger partial charge in [-0.25, -0.2) is 4.39 Å². The van der Waals surface area contributed by atoms with E-state index in [2.05, 4.69) is 5.32 Å². The van der Waals surface area contributed by atoms with Crippen LogP contribution in [0.3, 0.4) is 0 Å². The molecule has 2 amide bonds. The van der Waals surface area contributed by atoms with Gasteiger partial charge in [0.1, 0.15) is 5.82 Å². The van der Waals surface area contributed by atoms with Gasteiger partial charge in [0, 0.05) is 24.3 Å². The molecule has 0 spiro atoms. The number of rotatable bonds is 3. The first-order valence-electron chi connectivity index (χ1n) is 7.46. The molecule has 1 aliphatic heterocycles. The smallest absolute Gasteiger partial charge is 0.229 e. The van der Waals surface area contributed by atoms with Gasteiger partial charge in [0.2, 0.25) is 11.8 Å². The van der Waals surface area contributed by atoms with Gasteiger partial charge in [0.05, 0.1) is 5.92 Å². The average molecular weight is 312 g/mol. The maximum Gasteiger partial charge on any atom is 0.229 e. The summed E-state index contributed by atoms with van der Waals surface area (Å²) in [5, 5.41) is 2.67. The zero-order valence-corrected chi connectivity index (χ0v) is 12.8. The second-order valence-corrected chi connectivity index (χ2v) is 5.74. The van der Waals surface area contributed by atoms with Crippen LogP contribution in [0.4, 0.5) is 15.8 Å². The number of aryl methyl sites for hydroxylation is 1. The number of hydrogen-bond donors (Lipinski definition) is 1. The largest absolute Gasteiger partial charge is 0.326 e. The van der Waals surface area contributed by atoms with E-state index in [-0.39, 0.29) is 18.2 Å². The van der Waals surface area contributed by atoms with Crippen molar-refractivity contribution >= 4 is 23.2 Å². The van der Waals surface area contributed by atoms with E-state index in [1.165, 1.54) is 18.2 Å². The highest BCUT2D eigenvalue weighted by Gasteiger charge is 2.35. The van der Waals surface area contributed by atoms with Crippen molar-refractivity contribution in [1.29, 1.82) is 0 Å². The summed E-state index contributed by atoms with van der Waals surface area (Å²) in [6, 6.07) is 13.3. The van der Waals surface area contributed by atoms with Gasteiger partial charge in [-0.2, -0.15) is 0 Å². The van der Waals surface area contributed by atoms with E-state index in [4.69, 9.17) is 0 Å². The molecule has 23 heavy (non-hydrogen) atoms. The fraction of sp³-hybridized carbons (Fsp3) is 0.222. The Bertz CT molecular complexity index is 760. The van der Waals surface area contributed by atoms with E-state index in [1.807, 2.05) is 31.2 Å². The summed E-state index contributed by atoms with van der Waals surface area (Å²) in [6.07, 6.45) is 0.162. The molecule has 2 aromatic rings. The summed E-state index contributed by atoms with van der Waals surface area (Å²) in [7, 11) is 0. The molecule has 1 atom stereocenters. The first-order valence-corrected chi connectivity index (χ1v) is 7.46. The van der Waals surface area contributed by atoms with Crippen LogP contribution < -0.4 is 10.2 Å². The molecular weight excluding hydrogens is 295 g/mol. The van der Waals surface area contributed by atoms with Crippen molar-refractivity contribution in [1.82, 2.24) is 0 Å². The van der Waals surface area contributed by atoms with Crippen molar-refractivity contribution in [3.63, 3.8) is 0 Å². The van der Waals surface area contributed by atoms with Gasteiger partial charge in [-0.15, -0.1) is 0 Å². The molecule has 0 saturated carbocycles. The molecule has 1 unspecified atom stereocenters. The van der Waals surface area contributed by atoms with Gasteiger partial charge in [-0.3, -0.25) is 9.59 Å². The third kappa shape index (κ3) is 3.39. The number of carbonyl (C=O) groups is 2. The Hall–Kier alpha value is -2.69. The van der Waals surface area contributed by atoms with Crippen LogP contribution in [0.15, 0.2) is 48.5 Å². The Labute approximate surface area is 133 Å². The maximum absolute atomic E-state index is 13.2. The zero-order chi connectivity index (χ0) is 16.4. The number of hydrogen-bond acceptors (Lipinski definition) is 2. The van der Waals surface area contributed by atoms with Gasteiger partial charge < -0.3 is 10.2 Å². The number of carbonyl (C=O) groups excluding carboxylic acids is 2. The van der Waals surface area contributed by atoms with Gasteiger partial charge in [0.25, 0.3) is 0 Å². The highest BCUT2D eigenvalue weighted by molar-refractivity contribution is 6.03. The summed E-state index contributed by atoms with van der Waals surface area (Å²) in [5.41, 5.74) is 2.26. The SMILES string of the molecule is Cc1cccc(N2CC(C(=O)Nc3cccc(F)c3)CC2=O)c1. The van der Waals surface area contributed by atoms with Crippen LogP contribution in [-0.4, -0.2) is 18.4 Å². The van der Waals surface area contributed by atoms with Crippen molar-refractivity contribution in [2.75, 3.05) is 16.8 Å². The van der Waals surface area contributed by atoms with Crippen LogP contribution in [-0.2, 0) is 9.59 Å². The lowest BCUT2D eigenvalue weighted by Crippen LogP contribution is -2.28. The average Bonchev–Trinajstić information content (AvgIpc) is 2.89. The molecule has 0 radical (unpaired) electrons. The summed E-state index contributed by atoms with van der Waals surface area (Å²) in [4.78, 5) is 26.1. The normalized spacial score (nSPS) is 17.4. The molecule has 1 heterocycles. The molecule has 3 rings (SSSR count). The molecule has 4 nitrogen and oxygen atoms in total. The summed E-state index contributed by atoms with van der Waals surface area (Å²) >= 11 is 0. The molecule has 118 valence electrons. The summed E-state index contributed by atoms with van der Waals surface area (Å²) in [6.45, 7) is 2.29. The summed E-state index contributed by atoms with van der Waals surface area (Å²) in [5.74, 6) is -1.19. The Morgan fingerprint density at radius 3 is 2.74 bits per heavy atom. The minimum atomic E-state index is -0.439. The number of halogens is 1. The van der Waals surface area contributed by atoms with Gasteiger partial charge in [-0.1, -0.05) is 18.2 Å². The third-order valence-corrected chi connectivity index (χ3v) is 3.90. The van der Waals surface area contributed by atoms with Gasteiger partial charge >= 0.3 is 0 Å². The van der Waals surface area contributed by atoms with Crippen LogP contribution in [0.1, 0.15) is 12.0 Å². The minimum absolute atomic E-state index is 0.0741. The van der Waals surface area contributed by atoms with E-state index in [9.17, 15) is 14.0 Å². The van der Waals surface area contributed by atoms with Crippen LogP contribution in [0.5, 0.6) is 0 Å². The molecule has 1 fully saturated rings. The molecule has 0 aromatic heterocycles. The van der Waals surface area contributed by atoms with Crippen LogP contribution in [0.2, 0.25) is 0 Å². The monoisotopic (exact) mass is 312 g/mol. The minimum Gasteiger partial charge on any atom is -0.326 e. The van der Waals surface area contributed by atoms with E-state index in [0.29, 0.717) is 12.2 Å². The van der Waals surface area contributed by atoms with Crippen molar-refractivity contribution in [3.05, 3.63) is 59.9 Å². The molecule has 1 saturated heterocycles. The number of nitrogens with zero attached hydrogens (tertiary/aromatic N) is 1. The van der Waals surface area contributed by atoms with E-state index in [1.54, 1.807) is 11.0 Å². The van der Waals surface area contributed by atoms with Crippen molar-refractivity contribution in [2.24, 2.45) is 5.92 Å². The molecule has 0 bridgehead atoms. The predicted octanol–water partition coefficient (Wildman–Crippen LogP) is 3.13. The number of nitrogens with one attached hydrogen (secondary N) is 1. The Balaban J connectivity index is 1.70. The Morgan fingerprint density at radius 2 is 2.00 bits per heavy atom. The third-order valence-electron chi connectivity index (χ3n) is 3.90. The van der Waals surface area contributed by atoms with Gasteiger partial charge in [0.15, 0.2) is 0 Å². The second-order valence-electron chi connectivity index (χ2n) is 5.74. The topological polar surface area (TPSA) is 49.4 Å². The number of amides is 2. The number of anilines is 2. The lowest BCUT2D eigenvalue weighted by atomic mass is 10.1. The standard InChI is InChI=1S/C18H17FN2O2/c1-12-4-2-7-16(8-12)21-11-13(9-17(21)22)18(23)20-15-6-3-5-14(19)10-15/h2-8,10,13H,9,11H2,1H3,(H,20,23). The molecule has 2 aromatic carbocycles. The predicted molar refractivity (Wildman–Crippen MR) is 86.7 cm³/mol. The fourth-order valence-corrected chi connectivity index (χ4v) is 2.74.